The number of anilines is 1. The second-order valence-electron chi connectivity index (χ2n) is 10.1. The number of aryl methyl sites for hydroxylation is 2. The molecule has 1 N–H and O–H groups in total. The van der Waals surface area contributed by atoms with Crippen LogP contribution in [-0.2, 0) is 26.2 Å². The number of hydrogen-bond donors (Lipinski definition) is 1. The Morgan fingerprint density at radius 3 is 2.10 bits per heavy atom. The maximum Gasteiger partial charge on any atom is 0.264 e. The fourth-order valence-electron chi connectivity index (χ4n) is 4.50. The van der Waals surface area contributed by atoms with Gasteiger partial charge in [0, 0.05) is 13.1 Å². The number of nitrogens with zero attached hydrogens (tertiary/aromatic N) is 2. The molecule has 0 aliphatic carbocycles. The van der Waals surface area contributed by atoms with E-state index in [-0.39, 0.29) is 23.0 Å². The van der Waals surface area contributed by atoms with Crippen LogP contribution in [0, 0.1) is 13.8 Å². The van der Waals surface area contributed by atoms with Gasteiger partial charge in [0.2, 0.25) is 11.8 Å². The fraction of sp³-hybridized carbons (Fsp3) is 0.375. The van der Waals surface area contributed by atoms with E-state index in [0.29, 0.717) is 18.7 Å². The summed E-state index contributed by atoms with van der Waals surface area (Å²) in [4.78, 5) is 29.0. The molecule has 0 saturated carbocycles. The van der Waals surface area contributed by atoms with Crippen molar-refractivity contribution in [2.24, 2.45) is 0 Å². The Hall–Kier alpha value is -3.85. The number of sulfonamides is 1. The molecular formula is C32H41N3O5S. The predicted octanol–water partition coefficient (Wildman–Crippen LogP) is 5.23. The topological polar surface area (TPSA) is 96.0 Å². The van der Waals surface area contributed by atoms with Crippen LogP contribution >= 0.6 is 0 Å². The molecule has 9 heteroatoms. The number of ether oxygens (including phenoxy) is 1. The molecule has 0 radical (unpaired) electrons. The molecule has 0 aliphatic rings. The van der Waals surface area contributed by atoms with Crippen molar-refractivity contribution in [3.05, 3.63) is 89.5 Å². The quantitative estimate of drug-likeness (QED) is 0.264. The molecule has 3 aromatic rings. The molecule has 1 unspecified atom stereocenters. The lowest BCUT2D eigenvalue weighted by Gasteiger charge is -2.33. The van der Waals surface area contributed by atoms with Gasteiger partial charge in [0.15, 0.2) is 0 Å². The first-order valence-electron chi connectivity index (χ1n) is 14.0. The van der Waals surface area contributed by atoms with Crippen LogP contribution in [0.4, 0.5) is 5.69 Å². The highest BCUT2D eigenvalue weighted by atomic mass is 32.2. The Bertz CT molecular complexity index is 1410. The minimum absolute atomic E-state index is 0.0521. The van der Waals surface area contributed by atoms with Gasteiger partial charge >= 0.3 is 0 Å². The number of carbonyl (C=O) groups excluding carboxylic acids is 2. The maximum atomic E-state index is 14.2. The lowest BCUT2D eigenvalue weighted by atomic mass is 10.1. The minimum atomic E-state index is -4.18. The van der Waals surface area contributed by atoms with Crippen molar-refractivity contribution in [2.45, 2.75) is 64.4 Å². The SMILES string of the molecule is CCCCNC(=O)C(CC)N(Cc1ccc(C)cc1)C(=O)CN(c1ccccc1OC)S(=O)(=O)c1ccc(C)cc1. The summed E-state index contributed by atoms with van der Waals surface area (Å²) in [5.41, 5.74) is 3.06. The van der Waals surface area contributed by atoms with Gasteiger partial charge in [0.05, 0.1) is 17.7 Å². The summed E-state index contributed by atoms with van der Waals surface area (Å²) in [6, 6.07) is 20.1. The number of unbranched alkanes of at least 4 members (excludes halogenated alkanes) is 1. The third-order valence-electron chi connectivity index (χ3n) is 6.93. The van der Waals surface area contributed by atoms with E-state index in [9.17, 15) is 18.0 Å². The first-order chi connectivity index (χ1) is 19.6. The average Bonchev–Trinajstić information content (AvgIpc) is 2.97. The van der Waals surface area contributed by atoms with Crippen LogP contribution in [0.3, 0.4) is 0 Å². The zero-order valence-electron chi connectivity index (χ0n) is 24.6. The summed E-state index contributed by atoms with van der Waals surface area (Å²) in [7, 11) is -2.72. The van der Waals surface area contributed by atoms with E-state index in [4.69, 9.17) is 4.74 Å². The third kappa shape index (κ3) is 8.10. The summed E-state index contributed by atoms with van der Waals surface area (Å²) in [5, 5.41) is 2.94. The van der Waals surface area contributed by atoms with Crippen molar-refractivity contribution < 1.29 is 22.7 Å². The third-order valence-corrected chi connectivity index (χ3v) is 8.70. The number of amides is 2. The number of hydrogen-bond acceptors (Lipinski definition) is 5. The van der Waals surface area contributed by atoms with Gasteiger partial charge in [-0.05, 0) is 56.5 Å². The highest BCUT2D eigenvalue weighted by molar-refractivity contribution is 7.92. The Morgan fingerprint density at radius 1 is 0.902 bits per heavy atom. The highest BCUT2D eigenvalue weighted by Gasteiger charge is 2.34. The molecule has 0 aliphatic heterocycles. The normalized spacial score (nSPS) is 11.9. The van der Waals surface area contributed by atoms with Crippen molar-refractivity contribution >= 4 is 27.5 Å². The van der Waals surface area contributed by atoms with Gasteiger partial charge in [0.25, 0.3) is 10.0 Å². The van der Waals surface area contributed by atoms with Gasteiger partial charge in [0.1, 0.15) is 18.3 Å². The Labute approximate surface area is 244 Å². The van der Waals surface area contributed by atoms with Gasteiger partial charge in [-0.2, -0.15) is 0 Å². The summed E-state index contributed by atoms with van der Waals surface area (Å²) in [6.45, 7) is 7.89. The largest absolute Gasteiger partial charge is 0.495 e. The highest BCUT2D eigenvalue weighted by Crippen LogP contribution is 2.32. The van der Waals surface area contributed by atoms with Crippen LogP contribution in [0.1, 0.15) is 49.8 Å². The van der Waals surface area contributed by atoms with Gasteiger partial charge in [-0.25, -0.2) is 8.42 Å². The Kier molecular flexibility index (Phi) is 11.3. The summed E-state index contributed by atoms with van der Waals surface area (Å²) in [6.07, 6.45) is 2.12. The van der Waals surface area contributed by atoms with Crippen molar-refractivity contribution in [1.82, 2.24) is 10.2 Å². The minimum Gasteiger partial charge on any atom is -0.495 e. The number of para-hydroxylation sites is 2. The van der Waals surface area contributed by atoms with Crippen molar-refractivity contribution in [3.63, 3.8) is 0 Å². The van der Waals surface area contributed by atoms with E-state index < -0.39 is 28.5 Å². The van der Waals surface area contributed by atoms with Gasteiger partial charge in [-0.1, -0.05) is 79.9 Å². The molecule has 0 heterocycles. The molecular weight excluding hydrogens is 538 g/mol. The van der Waals surface area contributed by atoms with E-state index in [1.54, 1.807) is 36.4 Å². The number of rotatable bonds is 14. The van der Waals surface area contributed by atoms with E-state index >= 15 is 0 Å². The molecule has 8 nitrogen and oxygen atoms in total. The molecule has 3 rings (SSSR count). The Balaban J connectivity index is 2.06. The zero-order chi connectivity index (χ0) is 30.0. The molecule has 0 aromatic heterocycles. The number of nitrogens with one attached hydrogen (secondary N) is 1. The van der Waals surface area contributed by atoms with Crippen LogP contribution in [0.15, 0.2) is 77.7 Å². The smallest absolute Gasteiger partial charge is 0.264 e. The number of carbonyl (C=O) groups is 2. The van der Waals surface area contributed by atoms with Crippen LogP contribution in [0.2, 0.25) is 0 Å². The van der Waals surface area contributed by atoms with Crippen molar-refractivity contribution in [3.8, 4) is 5.75 Å². The summed E-state index contributed by atoms with van der Waals surface area (Å²) >= 11 is 0. The predicted molar refractivity (Wildman–Crippen MR) is 162 cm³/mol. The van der Waals surface area contributed by atoms with E-state index in [1.807, 2.05) is 52.0 Å². The Morgan fingerprint density at radius 2 is 1.51 bits per heavy atom. The molecule has 3 aromatic carbocycles. The fourth-order valence-corrected chi connectivity index (χ4v) is 5.93. The lowest BCUT2D eigenvalue weighted by Crippen LogP contribution is -2.52. The van der Waals surface area contributed by atoms with Gasteiger partial charge < -0.3 is 15.0 Å². The van der Waals surface area contributed by atoms with E-state index in [1.165, 1.54) is 24.1 Å². The molecule has 220 valence electrons. The second kappa shape index (κ2) is 14.7. The number of benzene rings is 3. The molecule has 1 atom stereocenters. The first kappa shape index (κ1) is 31.7. The van der Waals surface area contributed by atoms with Gasteiger partial charge in [-0.15, -0.1) is 0 Å². The first-order valence-corrected chi connectivity index (χ1v) is 15.4. The molecule has 0 fully saturated rings. The molecule has 0 bridgehead atoms. The maximum absolute atomic E-state index is 14.2. The standard InChI is InChI=1S/C32H41N3O5S/c1-6-8-21-33-32(37)28(7-2)34(22-26-17-13-24(3)14-18-26)31(36)23-35(29-11-9-10-12-30(29)40-5)41(38,39)27-19-15-25(4)16-20-27/h9-20,28H,6-8,21-23H2,1-5H3,(H,33,37). The van der Waals surface area contributed by atoms with Crippen molar-refractivity contribution in [2.75, 3.05) is 24.5 Å². The molecule has 0 saturated heterocycles. The number of methoxy groups -OCH3 is 1. The molecule has 41 heavy (non-hydrogen) atoms. The summed E-state index contributed by atoms with van der Waals surface area (Å²) < 4.78 is 34.6. The second-order valence-corrected chi connectivity index (χ2v) is 11.9. The molecule has 2 amide bonds. The lowest BCUT2D eigenvalue weighted by molar-refractivity contribution is -0.140. The van der Waals surface area contributed by atoms with Gasteiger partial charge in [-0.3, -0.25) is 13.9 Å². The monoisotopic (exact) mass is 579 g/mol. The molecule has 0 spiro atoms. The van der Waals surface area contributed by atoms with Crippen LogP contribution < -0.4 is 14.4 Å². The van der Waals surface area contributed by atoms with Crippen molar-refractivity contribution in [1.29, 1.82) is 0 Å². The van der Waals surface area contributed by atoms with E-state index in [2.05, 4.69) is 5.32 Å². The van der Waals surface area contributed by atoms with Crippen LogP contribution in [0.5, 0.6) is 5.75 Å². The van der Waals surface area contributed by atoms with E-state index in [0.717, 1.165) is 33.8 Å². The summed E-state index contributed by atoms with van der Waals surface area (Å²) in [5.74, 6) is -0.443. The van der Waals surface area contributed by atoms with Crippen LogP contribution in [-0.4, -0.2) is 51.4 Å². The zero-order valence-corrected chi connectivity index (χ0v) is 25.4. The average molecular weight is 580 g/mol. The van der Waals surface area contributed by atoms with Crippen LogP contribution in [0.25, 0.3) is 0 Å².